The van der Waals surface area contributed by atoms with E-state index in [1.54, 1.807) is 6.07 Å². The van der Waals surface area contributed by atoms with Crippen molar-refractivity contribution in [2.75, 3.05) is 18.0 Å². The second-order valence-corrected chi connectivity index (χ2v) is 5.40. The van der Waals surface area contributed by atoms with Crippen LogP contribution in [-0.2, 0) is 4.79 Å². The average Bonchev–Trinajstić information content (AvgIpc) is 2.54. The van der Waals surface area contributed by atoms with Crippen LogP contribution in [0.1, 0.15) is 24.8 Å². The number of carbonyl (C=O) groups excluding carboxylic acids is 1. The third kappa shape index (κ3) is 4.39. The van der Waals surface area contributed by atoms with Crippen LogP contribution in [-0.4, -0.2) is 25.2 Å². The number of hydrogen-bond acceptors (Lipinski definition) is 5. The van der Waals surface area contributed by atoms with Gasteiger partial charge >= 0.3 is 6.36 Å². The Morgan fingerprint density at radius 1 is 1.29 bits per heavy atom. The summed E-state index contributed by atoms with van der Waals surface area (Å²) in [4.78, 5) is 13.6. The first-order valence-electron chi connectivity index (χ1n) is 7.28. The number of ether oxygens (including phenoxy) is 1. The summed E-state index contributed by atoms with van der Waals surface area (Å²) in [6.45, 7) is 1.07. The van der Waals surface area contributed by atoms with Gasteiger partial charge in [-0.25, -0.2) is 0 Å². The molecule has 0 N–H and O–H groups in total. The van der Waals surface area contributed by atoms with Gasteiger partial charge in [-0.2, -0.15) is 10.5 Å². The van der Waals surface area contributed by atoms with E-state index in [0.29, 0.717) is 31.6 Å². The van der Waals surface area contributed by atoms with Crippen molar-refractivity contribution in [1.82, 2.24) is 0 Å². The summed E-state index contributed by atoms with van der Waals surface area (Å²) in [5.41, 5.74) is 0.403. The highest BCUT2D eigenvalue weighted by atomic mass is 19.4. The summed E-state index contributed by atoms with van der Waals surface area (Å²) in [6, 6.07) is 7.46. The SMILES string of the molecule is N#CCC(=O)C1CCN(c2ccc(OC(F)(F)F)c(C#N)c2)CC1. The van der Waals surface area contributed by atoms with E-state index in [1.165, 1.54) is 12.1 Å². The molecule has 0 radical (unpaired) electrons. The number of halogens is 3. The minimum Gasteiger partial charge on any atom is -0.404 e. The lowest BCUT2D eigenvalue weighted by atomic mass is 9.91. The van der Waals surface area contributed by atoms with Crippen molar-refractivity contribution in [3.63, 3.8) is 0 Å². The average molecular weight is 337 g/mol. The van der Waals surface area contributed by atoms with E-state index in [0.717, 1.165) is 6.07 Å². The maximum absolute atomic E-state index is 12.3. The Balaban J connectivity index is 2.08. The van der Waals surface area contributed by atoms with E-state index in [2.05, 4.69) is 4.74 Å². The molecule has 0 aromatic heterocycles. The Morgan fingerprint density at radius 3 is 2.50 bits per heavy atom. The van der Waals surface area contributed by atoms with Gasteiger partial charge in [0.2, 0.25) is 0 Å². The molecule has 126 valence electrons. The van der Waals surface area contributed by atoms with Gasteiger partial charge in [0.1, 0.15) is 17.6 Å². The molecule has 1 aliphatic heterocycles. The molecule has 0 aliphatic carbocycles. The van der Waals surface area contributed by atoms with Crippen LogP contribution in [0.25, 0.3) is 0 Å². The van der Waals surface area contributed by atoms with E-state index in [4.69, 9.17) is 10.5 Å². The number of benzene rings is 1. The molecule has 0 bridgehead atoms. The van der Waals surface area contributed by atoms with Gasteiger partial charge in [-0.1, -0.05) is 0 Å². The van der Waals surface area contributed by atoms with Crippen molar-refractivity contribution in [3.8, 4) is 17.9 Å². The molecule has 1 saturated heterocycles. The molecule has 8 heteroatoms. The topological polar surface area (TPSA) is 77.1 Å². The molecule has 1 aromatic rings. The van der Waals surface area contributed by atoms with Gasteiger partial charge in [0.05, 0.1) is 18.1 Å². The lowest BCUT2D eigenvalue weighted by molar-refractivity contribution is -0.274. The van der Waals surface area contributed by atoms with E-state index < -0.39 is 12.1 Å². The van der Waals surface area contributed by atoms with Gasteiger partial charge in [0.25, 0.3) is 0 Å². The molecule has 1 aromatic carbocycles. The van der Waals surface area contributed by atoms with Crippen LogP contribution in [0.5, 0.6) is 5.75 Å². The highest BCUT2D eigenvalue weighted by molar-refractivity contribution is 5.83. The summed E-state index contributed by atoms with van der Waals surface area (Å²) in [6.07, 6.45) is -3.81. The number of anilines is 1. The molecular formula is C16H14F3N3O2. The summed E-state index contributed by atoms with van der Waals surface area (Å²) >= 11 is 0. The number of carbonyl (C=O) groups is 1. The van der Waals surface area contributed by atoms with Crippen LogP contribution < -0.4 is 9.64 Å². The molecule has 24 heavy (non-hydrogen) atoms. The molecule has 1 aliphatic rings. The lowest BCUT2D eigenvalue weighted by Crippen LogP contribution is -2.36. The Bertz CT molecular complexity index is 696. The molecule has 1 heterocycles. The minimum absolute atomic E-state index is 0.0798. The number of ketones is 1. The van der Waals surface area contributed by atoms with E-state index in [1.807, 2.05) is 11.0 Å². The number of nitrogens with zero attached hydrogens (tertiary/aromatic N) is 3. The summed E-state index contributed by atoms with van der Waals surface area (Å²) < 4.78 is 40.7. The number of alkyl halides is 3. The van der Waals surface area contributed by atoms with Gasteiger partial charge < -0.3 is 9.64 Å². The number of hydrogen-bond donors (Lipinski definition) is 0. The smallest absolute Gasteiger partial charge is 0.404 e. The Hall–Kier alpha value is -2.74. The molecule has 2 rings (SSSR count). The number of Topliss-reactive ketones (excluding diaryl/α,β-unsaturated/α-hetero) is 1. The molecule has 0 atom stereocenters. The van der Waals surface area contributed by atoms with E-state index >= 15 is 0 Å². The quantitative estimate of drug-likeness (QED) is 0.843. The Labute approximate surface area is 136 Å². The summed E-state index contributed by atoms with van der Waals surface area (Å²) in [5.74, 6) is -0.777. The molecule has 0 saturated carbocycles. The van der Waals surface area contributed by atoms with Crippen molar-refractivity contribution in [2.45, 2.75) is 25.6 Å². The third-order valence-electron chi connectivity index (χ3n) is 3.88. The lowest BCUT2D eigenvalue weighted by Gasteiger charge is -2.33. The van der Waals surface area contributed by atoms with Crippen molar-refractivity contribution in [3.05, 3.63) is 23.8 Å². The first-order valence-corrected chi connectivity index (χ1v) is 7.28. The van der Waals surface area contributed by atoms with Gasteiger partial charge in [-0.05, 0) is 31.0 Å². The van der Waals surface area contributed by atoms with Gasteiger partial charge in [-0.15, -0.1) is 13.2 Å². The Morgan fingerprint density at radius 2 is 1.96 bits per heavy atom. The standard InChI is InChI=1S/C16H14F3N3O2/c17-16(18,19)24-15-2-1-13(9-12(15)10-21)22-7-4-11(5-8-22)14(23)3-6-20/h1-2,9,11H,3-5,7-8H2. The van der Waals surface area contributed by atoms with Gasteiger partial charge in [0, 0.05) is 24.7 Å². The molecule has 5 nitrogen and oxygen atoms in total. The van der Waals surface area contributed by atoms with Gasteiger partial charge in [-0.3, -0.25) is 4.79 Å². The normalized spacial score (nSPS) is 15.5. The monoisotopic (exact) mass is 337 g/mol. The van der Waals surface area contributed by atoms with Crippen molar-refractivity contribution in [1.29, 1.82) is 10.5 Å². The largest absolute Gasteiger partial charge is 0.573 e. The highest BCUT2D eigenvalue weighted by Gasteiger charge is 2.32. The minimum atomic E-state index is -4.85. The van der Waals surface area contributed by atoms with Crippen LogP contribution in [0, 0.1) is 28.6 Å². The van der Waals surface area contributed by atoms with Crippen LogP contribution in [0.2, 0.25) is 0 Å². The van der Waals surface area contributed by atoms with Crippen LogP contribution in [0.4, 0.5) is 18.9 Å². The van der Waals surface area contributed by atoms with Crippen LogP contribution in [0.15, 0.2) is 18.2 Å². The zero-order chi connectivity index (χ0) is 17.7. The fourth-order valence-electron chi connectivity index (χ4n) is 2.70. The maximum atomic E-state index is 12.3. The van der Waals surface area contributed by atoms with Crippen LogP contribution >= 0.6 is 0 Å². The van der Waals surface area contributed by atoms with Gasteiger partial charge in [0.15, 0.2) is 0 Å². The number of rotatable bonds is 4. The highest BCUT2D eigenvalue weighted by Crippen LogP contribution is 2.31. The second kappa shape index (κ2) is 7.22. The van der Waals surface area contributed by atoms with Crippen molar-refractivity contribution in [2.24, 2.45) is 5.92 Å². The molecule has 0 unspecified atom stereocenters. The zero-order valence-corrected chi connectivity index (χ0v) is 12.6. The first-order chi connectivity index (χ1) is 11.3. The second-order valence-electron chi connectivity index (χ2n) is 5.40. The molecule has 0 spiro atoms. The summed E-state index contributed by atoms with van der Waals surface area (Å²) in [7, 11) is 0. The summed E-state index contributed by atoms with van der Waals surface area (Å²) in [5, 5.41) is 17.6. The van der Waals surface area contributed by atoms with E-state index in [9.17, 15) is 18.0 Å². The number of piperidine rings is 1. The zero-order valence-electron chi connectivity index (χ0n) is 12.6. The van der Waals surface area contributed by atoms with Crippen LogP contribution in [0.3, 0.4) is 0 Å². The maximum Gasteiger partial charge on any atom is 0.573 e. The predicted molar refractivity (Wildman–Crippen MR) is 78.0 cm³/mol. The Kier molecular flexibility index (Phi) is 5.30. The first kappa shape index (κ1) is 17.6. The number of nitriles is 2. The van der Waals surface area contributed by atoms with E-state index in [-0.39, 0.29) is 23.7 Å². The molecule has 1 fully saturated rings. The third-order valence-corrected chi connectivity index (χ3v) is 3.88. The predicted octanol–water partition coefficient (Wildman–Crippen LogP) is 3.16. The molecular weight excluding hydrogens is 323 g/mol. The van der Waals surface area contributed by atoms with Crippen molar-refractivity contribution >= 4 is 11.5 Å². The fourth-order valence-corrected chi connectivity index (χ4v) is 2.70. The molecule has 0 amide bonds. The fraction of sp³-hybridized carbons (Fsp3) is 0.438. The van der Waals surface area contributed by atoms with Crippen molar-refractivity contribution < 1.29 is 22.7 Å².